The van der Waals surface area contributed by atoms with Gasteiger partial charge in [0, 0.05) is 72.0 Å². The lowest BCUT2D eigenvalue weighted by atomic mass is 9.53. The molecule has 0 bridgehead atoms. The third-order valence-electron chi connectivity index (χ3n) is 19.2. The fourth-order valence-corrected chi connectivity index (χ4v) is 14.9. The Bertz CT molecular complexity index is 2820. The van der Waals surface area contributed by atoms with Gasteiger partial charge in [0.2, 0.25) is 0 Å². The molecule has 5 rings (SSSR count). The number of unbranched alkanes of at least 4 members (excludes halogenated alkanes) is 8. The van der Waals surface area contributed by atoms with Crippen molar-refractivity contribution in [2.45, 2.75) is 209 Å². The Balaban J connectivity index is 1.34. The Morgan fingerprint density at radius 1 is 0.340 bits per heavy atom. The van der Waals surface area contributed by atoms with Crippen LogP contribution in [0.4, 0.5) is 19.2 Å². The highest BCUT2D eigenvalue weighted by Crippen LogP contribution is 2.58. The van der Waals surface area contributed by atoms with Gasteiger partial charge >= 0.3 is 24.4 Å². The SMILES string of the molecule is CC(C)(C)c1cccc(C(N(CCCCCN2CCCN(CCCCCN(Cc3ccccc3)C(=O)O)CCN(CCCCCN(Cc3ccccc3)C(=O)O)CCCN(CCCCCN(Cc3ccccc3)C(=O)O)CC2)C(=O)O)(C(C)(C)C)C(C)(C)C)c1C(C)(C)C. The normalized spacial score (nSPS) is 15.1. The molecule has 1 heterocycles. The minimum Gasteiger partial charge on any atom is -0.465 e. The number of carboxylic acid groups (broad SMARTS) is 4. The molecular formula is C78H124N8O8. The molecule has 94 heavy (non-hydrogen) atoms. The van der Waals surface area contributed by atoms with Crippen LogP contribution < -0.4 is 0 Å². The average Bonchev–Trinajstić information content (AvgIpc) is 0.703. The summed E-state index contributed by atoms with van der Waals surface area (Å²) < 4.78 is 0. The number of nitrogens with zero attached hydrogens (tertiary/aromatic N) is 8. The second kappa shape index (κ2) is 38.5. The van der Waals surface area contributed by atoms with Crippen molar-refractivity contribution >= 4 is 24.4 Å². The number of benzene rings is 4. The summed E-state index contributed by atoms with van der Waals surface area (Å²) in [6.07, 6.45) is 9.09. The summed E-state index contributed by atoms with van der Waals surface area (Å²) in [6.45, 7) is 41.1. The summed E-state index contributed by atoms with van der Waals surface area (Å²) in [5, 5.41) is 41.9. The van der Waals surface area contributed by atoms with Gasteiger partial charge in [0.05, 0.1) is 5.54 Å². The zero-order valence-electron chi connectivity index (χ0n) is 60.2. The van der Waals surface area contributed by atoms with Gasteiger partial charge in [0.15, 0.2) is 0 Å². The molecule has 0 spiro atoms. The van der Waals surface area contributed by atoms with Gasteiger partial charge in [-0.15, -0.1) is 0 Å². The van der Waals surface area contributed by atoms with E-state index >= 15 is 0 Å². The second-order valence-corrected chi connectivity index (χ2v) is 30.8. The van der Waals surface area contributed by atoms with Gasteiger partial charge in [0.1, 0.15) is 0 Å². The molecule has 524 valence electrons. The fraction of sp³-hybridized carbons (Fsp3) is 0.641. The van der Waals surface area contributed by atoms with Crippen molar-refractivity contribution in [2.24, 2.45) is 10.8 Å². The van der Waals surface area contributed by atoms with Crippen LogP contribution in [-0.2, 0) is 36.0 Å². The molecule has 16 heteroatoms. The molecule has 0 radical (unpaired) electrons. The Morgan fingerprint density at radius 3 is 0.904 bits per heavy atom. The number of amides is 4. The molecule has 4 amide bonds. The van der Waals surface area contributed by atoms with E-state index in [1.54, 1.807) is 0 Å². The van der Waals surface area contributed by atoms with E-state index in [9.17, 15) is 39.6 Å². The molecule has 4 aromatic rings. The first kappa shape index (κ1) is 78.5. The fourth-order valence-electron chi connectivity index (χ4n) is 14.9. The molecule has 4 N–H and O–H groups in total. The molecule has 4 aromatic carbocycles. The van der Waals surface area contributed by atoms with Crippen molar-refractivity contribution in [3.8, 4) is 0 Å². The molecule has 0 unspecified atom stereocenters. The van der Waals surface area contributed by atoms with Crippen LogP contribution in [0.5, 0.6) is 0 Å². The first-order valence-corrected chi connectivity index (χ1v) is 35.6. The van der Waals surface area contributed by atoms with Crippen LogP contribution in [0, 0.1) is 10.8 Å². The van der Waals surface area contributed by atoms with Crippen LogP contribution in [0.1, 0.15) is 206 Å². The number of carbonyl (C=O) groups is 4. The van der Waals surface area contributed by atoms with Crippen LogP contribution in [-0.4, -0.2) is 189 Å². The van der Waals surface area contributed by atoms with Gasteiger partial charge in [-0.05, 0) is 172 Å². The van der Waals surface area contributed by atoms with Crippen LogP contribution in [0.15, 0.2) is 109 Å². The summed E-state index contributed by atoms with van der Waals surface area (Å²) in [5.41, 5.74) is 4.34. The topological polar surface area (TPSA) is 175 Å². The monoisotopic (exact) mass is 1300 g/mol. The number of rotatable bonds is 32. The van der Waals surface area contributed by atoms with E-state index in [1.807, 2.05) is 95.9 Å². The van der Waals surface area contributed by atoms with Gasteiger partial charge in [-0.3, -0.25) is 4.90 Å². The first-order chi connectivity index (χ1) is 44.5. The van der Waals surface area contributed by atoms with Crippen molar-refractivity contribution in [1.82, 2.24) is 39.2 Å². The molecule has 1 aliphatic rings. The van der Waals surface area contributed by atoms with Crippen LogP contribution >= 0.6 is 0 Å². The molecule has 16 nitrogen and oxygen atoms in total. The maximum atomic E-state index is 14.1. The molecule has 1 fully saturated rings. The summed E-state index contributed by atoms with van der Waals surface area (Å²) >= 11 is 0. The molecule has 1 saturated heterocycles. The molecule has 0 saturated carbocycles. The van der Waals surface area contributed by atoms with E-state index in [2.05, 4.69) is 121 Å². The van der Waals surface area contributed by atoms with Crippen molar-refractivity contribution in [1.29, 1.82) is 0 Å². The van der Waals surface area contributed by atoms with E-state index in [1.165, 1.54) is 25.8 Å². The van der Waals surface area contributed by atoms with Gasteiger partial charge < -0.3 is 54.7 Å². The van der Waals surface area contributed by atoms with Crippen molar-refractivity contribution in [3.63, 3.8) is 0 Å². The predicted molar refractivity (Wildman–Crippen MR) is 384 cm³/mol. The van der Waals surface area contributed by atoms with E-state index < -0.39 is 40.7 Å². The number of hydrogen-bond acceptors (Lipinski definition) is 8. The van der Waals surface area contributed by atoms with Gasteiger partial charge in [-0.1, -0.05) is 218 Å². The highest BCUT2D eigenvalue weighted by Gasteiger charge is 2.59. The Labute approximate surface area is 567 Å². The quantitative estimate of drug-likeness (QED) is 0.0341. The smallest absolute Gasteiger partial charge is 0.408 e. The van der Waals surface area contributed by atoms with E-state index in [0.29, 0.717) is 45.8 Å². The second-order valence-electron chi connectivity index (χ2n) is 30.8. The van der Waals surface area contributed by atoms with Gasteiger partial charge in [-0.2, -0.15) is 0 Å². The average molecular weight is 1300 g/mol. The Kier molecular flexibility index (Phi) is 32.2. The van der Waals surface area contributed by atoms with E-state index in [-0.39, 0.29) is 10.8 Å². The molecule has 1 aliphatic heterocycles. The zero-order chi connectivity index (χ0) is 69.0. The Hall–Kier alpha value is -6.20. The number of hydrogen-bond donors (Lipinski definition) is 4. The van der Waals surface area contributed by atoms with Crippen LogP contribution in [0.2, 0.25) is 0 Å². The third-order valence-corrected chi connectivity index (χ3v) is 19.2. The minimum atomic E-state index is -0.894. The summed E-state index contributed by atoms with van der Waals surface area (Å²) in [6, 6.07) is 36.0. The maximum Gasteiger partial charge on any atom is 0.408 e. The largest absolute Gasteiger partial charge is 0.465 e. The van der Waals surface area contributed by atoms with Gasteiger partial charge in [0.25, 0.3) is 0 Å². The summed E-state index contributed by atoms with van der Waals surface area (Å²) in [4.78, 5) is 68.0. The lowest BCUT2D eigenvalue weighted by Gasteiger charge is -2.60. The van der Waals surface area contributed by atoms with Crippen molar-refractivity contribution < 1.29 is 39.6 Å². The standard InChI is InChI=1S/C78H124N8O8/c1-74(2,3)67-43-34-44-68(69(67)75(4,5)6)78(76(7,8)9,77(10,11)12)86(73(93)94)56-33-19-29-48-82-52-36-51-80(46-27-17-31-54-84(71(89)90)62-65-39-22-14-23-40-65)58-57-79(45-26-16-30-53-83(70(87)88)61-64-37-20-13-21-38-64)49-35-50-81(59-60-82)47-28-18-32-55-85(72(91)92)63-66-41-24-15-25-42-66/h13-15,20-25,34,37-44H,16-19,26-33,35-36,45-63H2,1-12H3,(H,87,88)(H,89,90)(H,91,92)(H,93,94). The third kappa shape index (κ3) is 25.4. The summed E-state index contributed by atoms with van der Waals surface area (Å²) in [7, 11) is 0. The highest BCUT2D eigenvalue weighted by atomic mass is 16.4. The lowest BCUT2D eigenvalue weighted by Crippen LogP contribution is -2.64. The van der Waals surface area contributed by atoms with Crippen LogP contribution in [0.3, 0.4) is 0 Å². The van der Waals surface area contributed by atoms with Crippen molar-refractivity contribution in [2.75, 3.05) is 105 Å². The lowest BCUT2D eigenvalue weighted by molar-refractivity contribution is -0.0814. The minimum absolute atomic E-state index is 0.155. The van der Waals surface area contributed by atoms with Crippen molar-refractivity contribution in [3.05, 3.63) is 143 Å². The molecule has 0 aliphatic carbocycles. The molecular weight excluding hydrogens is 1180 g/mol. The Morgan fingerprint density at radius 2 is 0.638 bits per heavy atom. The highest BCUT2D eigenvalue weighted by molar-refractivity contribution is 5.68. The van der Waals surface area contributed by atoms with E-state index in [4.69, 9.17) is 0 Å². The molecule has 0 aromatic heterocycles. The van der Waals surface area contributed by atoms with Gasteiger partial charge in [-0.25, -0.2) is 19.2 Å². The van der Waals surface area contributed by atoms with Crippen LogP contribution in [0.25, 0.3) is 0 Å². The van der Waals surface area contributed by atoms with E-state index in [0.717, 1.165) is 191 Å². The zero-order valence-corrected chi connectivity index (χ0v) is 60.2. The molecule has 0 atom stereocenters. The predicted octanol–water partition coefficient (Wildman–Crippen LogP) is 16.8. The summed E-state index contributed by atoms with van der Waals surface area (Å²) in [5.74, 6) is 0. The maximum absolute atomic E-state index is 14.1. The first-order valence-electron chi connectivity index (χ1n) is 35.6.